The van der Waals surface area contributed by atoms with Crippen molar-refractivity contribution in [3.05, 3.63) is 53.8 Å². The smallest absolute Gasteiger partial charge is 0.254 e. The van der Waals surface area contributed by atoms with E-state index < -0.39 is 23.4 Å². The molecule has 0 radical (unpaired) electrons. The molecular weight excluding hydrogens is 488 g/mol. The minimum atomic E-state index is -1.09. The summed E-state index contributed by atoms with van der Waals surface area (Å²) in [4.78, 5) is 28.1. The van der Waals surface area contributed by atoms with Gasteiger partial charge in [0.05, 0.1) is 6.61 Å². The molecule has 206 valence electrons. The van der Waals surface area contributed by atoms with E-state index >= 15 is 0 Å². The third-order valence-electron chi connectivity index (χ3n) is 8.19. The number of carbonyl (C=O) groups excluding carboxylic acids is 2. The molecule has 2 aromatic rings. The molecule has 38 heavy (non-hydrogen) atoms. The van der Waals surface area contributed by atoms with Crippen molar-refractivity contribution in [2.45, 2.75) is 64.1 Å². The largest absolute Gasteiger partial charge is 0.493 e. The number of nitrogens with two attached hydrogens (primary N) is 1. The average molecular weight is 528 g/mol. The number of carbonyl (C=O) groups is 2. The highest BCUT2D eigenvalue weighted by atomic mass is 19.1. The van der Waals surface area contributed by atoms with E-state index in [-0.39, 0.29) is 11.5 Å². The molecule has 2 amide bonds. The first-order chi connectivity index (χ1) is 18.2. The third-order valence-corrected chi connectivity index (χ3v) is 8.19. The van der Waals surface area contributed by atoms with Crippen LogP contribution >= 0.6 is 0 Å². The number of nitrogens with zero attached hydrogens (tertiary/aromatic N) is 2. The summed E-state index contributed by atoms with van der Waals surface area (Å²) in [6.45, 7) is 7.14. The predicted molar refractivity (Wildman–Crippen MR) is 144 cm³/mol. The van der Waals surface area contributed by atoms with Gasteiger partial charge in [0, 0.05) is 24.2 Å². The van der Waals surface area contributed by atoms with Gasteiger partial charge < -0.3 is 20.3 Å². The summed E-state index contributed by atoms with van der Waals surface area (Å²) in [5.41, 5.74) is 5.59. The highest BCUT2D eigenvalue weighted by Crippen LogP contribution is 2.29. The number of amides is 2. The van der Waals surface area contributed by atoms with Crippen LogP contribution in [0.1, 0.15) is 62.7 Å². The average Bonchev–Trinajstić information content (AvgIpc) is 3.43. The Kier molecular flexibility index (Phi) is 9.03. The van der Waals surface area contributed by atoms with Crippen LogP contribution in [-0.4, -0.2) is 66.1 Å². The highest BCUT2D eigenvalue weighted by Gasteiger charge is 2.33. The second-order valence-electron chi connectivity index (χ2n) is 10.7. The fourth-order valence-electron chi connectivity index (χ4n) is 5.48. The molecule has 2 N–H and O–H groups in total. The number of benzene rings is 2. The SMILES string of the molecule is CCC(F)(CC)CN1CCC(COc2ccc(-c3ccc(C(=O)N4CCC[C@H]4C(N)=O)cc3F)cc2)CC1. The minimum absolute atomic E-state index is 0.201. The lowest BCUT2D eigenvalue weighted by atomic mass is 9.94. The van der Waals surface area contributed by atoms with Crippen LogP contribution < -0.4 is 10.5 Å². The highest BCUT2D eigenvalue weighted by molar-refractivity contribution is 5.98. The van der Waals surface area contributed by atoms with Crippen molar-refractivity contribution in [2.24, 2.45) is 11.7 Å². The lowest BCUT2D eigenvalue weighted by Crippen LogP contribution is -2.44. The Bertz CT molecular complexity index is 1110. The number of halogens is 2. The van der Waals surface area contributed by atoms with Crippen LogP contribution in [0.4, 0.5) is 8.78 Å². The zero-order valence-corrected chi connectivity index (χ0v) is 22.4. The lowest BCUT2D eigenvalue weighted by molar-refractivity contribution is -0.121. The number of piperidine rings is 1. The maximum Gasteiger partial charge on any atom is 0.254 e. The van der Waals surface area contributed by atoms with E-state index in [1.54, 1.807) is 24.3 Å². The molecule has 2 aliphatic rings. The van der Waals surface area contributed by atoms with Crippen molar-refractivity contribution in [3.63, 3.8) is 0 Å². The van der Waals surface area contributed by atoms with E-state index in [0.29, 0.717) is 62.4 Å². The van der Waals surface area contributed by atoms with Gasteiger partial charge in [0.1, 0.15) is 23.3 Å². The molecule has 0 aliphatic carbocycles. The second-order valence-corrected chi connectivity index (χ2v) is 10.7. The molecule has 2 aromatic carbocycles. The number of hydrogen-bond donors (Lipinski definition) is 1. The summed E-state index contributed by atoms with van der Waals surface area (Å²) in [7, 11) is 0. The van der Waals surface area contributed by atoms with E-state index in [1.807, 2.05) is 26.0 Å². The number of alkyl halides is 1. The van der Waals surface area contributed by atoms with Crippen LogP contribution in [0.15, 0.2) is 42.5 Å². The maximum absolute atomic E-state index is 15.0. The standard InChI is InChI=1S/C30H39F2N3O3/c1-3-30(32,4-2)20-34-16-13-21(14-17-34)19-38-24-10-7-22(8-11-24)25-12-9-23(18-26(25)31)29(37)35-15-5-6-27(35)28(33)36/h7-12,18,21,27H,3-6,13-17,19-20H2,1-2H3,(H2,33,36)/t27-/m0/s1. The van der Waals surface area contributed by atoms with Crippen LogP contribution in [0.3, 0.4) is 0 Å². The van der Waals surface area contributed by atoms with Gasteiger partial charge in [0.15, 0.2) is 0 Å². The Hall–Kier alpha value is -3.00. The Morgan fingerprint density at radius 1 is 1.03 bits per heavy atom. The number of rotatable bonds is 10. The molecule has 0 saturated carbocycles. The van der Waals surface area contributed by atoms with Gasteiger partial charge in [-0.05, 0) is 87.4 Å². The van der Waals surface area contributed by atoms with Crippen LogP contribution in [0.2, 0.25) is 0 Å². The van der Waals surface area contributed by atoms with E-state index in [9.17, 15) is 18.4 Å². The van der Waals surface area contributed by atoms with Crippen molar-refractivity contribution < 1.29 is 23.1 Å². The van der Waals surface area contributed by atoms with Crippen LogP contribution in [0.5, 0.6) is 5.75 Å². The van der Waals surface area contributed by atoms with Crippen molar-refractivity contribution in [3.8, 4) is 16.9 Å². The van der Waals surface area contributed by atoms with Crippen molar-refractivity contribution >= 4 is 11.8 Å². The van der Waals surface area contributed by atoms with Gasteiger partial charge in [0.25, 0.3) is 5.91 Å². The molecular formula is C30H39F2N3O3. The molecule has 4 rings (SSSR count). The van der Waals surface area contributed by atoms with Gasteiger partial charge in [0.2, 0.25) is 5.91 Å². The maximum atomic E-state index is 15.0. The molecule has 8 heteroatoms. The number of hydrogen-bond acceptors (Lipinski definition) is 4. The van der Waals surface area contributed by atoms with Gasteiger partial charge in [-0.25, -0.2) is 8.78 Å². The van der Waals surface area contributed by atoms with Crippen molar-refractivity contribution in [1.82, 2.24) is 9.80 Å². The van der Waals surface area contributed by atoms with Crippen LogP contribution in [0, 0.1) is 11.7 Å². The van der Waals surface area contributed by atoms with E-state index in [0.717, 1.165) is 31.7 Å². The zero-order chi connectivity index (χ0) is 27.3. The molecule has 0 spiro atoms. The quantitative estimate of drug-likeness (QED) is 0.461. The summed E-state index contributed by atoms with van der Waals surface area (Å²) in [5.74, 6) is -0.279. The number of likely N-dealkylation sites (tertiary alicyclic amines) is 2. The first-order valence-corrected chi connectivity index (χ1v) is 13.8. The number of ether oxygens (including phenoxy) is 1. The third kappa shape index (κ3) is 6.52. The van der Waals surface area contributed by atoms with Gasteiger partial charge in [-0.2, -0.15) is 0 Å². The van der Waals surface area contributed by atoms with Gasteiger partial charge in [-0.15, -0.1) is 0 Å². The monoisotopic (exact) mass is 527 g/mol. The summed E-state index contributed by atoms with van der Waals surface area (Å²) >= 11 is 0. The summed E-state index contributed by atoms with van der Waals surface area (Å²) in [6, 6.07) is 11.0. The van der Waals surface area contributed by atoms with Crippen LogP contribution in [0.25, 0.3) is 11.1 Å². The molecule has 2 aliphatic heterocycles. The fraction of sp³-hybridized carbons (Fsp3) is 0.533. The fourth-order valence-corrected chi connectivity index (χ4v) is 5.48. The van der Waals surface area contributed by atoms with Gasteiger partial charge in [-0.1, -0.05) is 32.0 Å². The molecule has 2 saturated heterocycles. The van der Waals surface area contributed by atoms with Crippen LogP contribution in [-0.2, 0) is 4.79 Å². The summed E-state index contributed by atoms with van der Waals surface area (Å²) in [6.07, 6.45) is 4.29. The molecule has 6 nitrogen and oxygen atoms in total. The Morgan fingerprint density at radius 2 is 1.71 bits per heavy atom. The normalized spacial score (nSPS) is 19.1. The number of primary amides is 1. The molecule has 2 fully saturated rings. The molecule has 0 aromatic heterocycles. The minimum Gasteiger partial charge on any atom is -0.493 e. The molecule has 1 atom stereocenters. The molecule has 0 unspecified atom stereocenters. The van der Waals surface area contributed by atoms with Crippen molar-refractivity contribution in [2.75, 3.05) is 32.8 Å². The van der Waals surface area contributed by atoms with E-state index in [1.165, 1.54) is 11.0 Å². The van der Waals surface area contributed by atoms with Gasteiger partial charge in [-0.3, -0.25) is 9.59 Å². The summed E-state index contributed by atoms with van der Waals surface area (Å²) in [5, 5.41) is 0. The topological polar surface area (TPSA) is 75.9 Å². The second kappa shape index (κ2) is 12.2. The van der Waals surface area contributed by atoms with E-state index in [2.05, 4.69) is 4.90 Å². The lowest BCUT2D eigenvalue weighted by Gasteiger charge is -2.36. The van der Waals surface area contributed by atoms with E-state index in [4.69, 9.17) is 10.5 Å². The predicted octanol–water partition coefficient (Wildman–Crippen LogP) is 5.20. The Labute approximate surface area is 224 Å². The zero-order valence-electron chi connectivity index (χ0n) is 22.4. The molecule has 0 bridgehead atoms. The first-order valence-electron chi connectivity index (χ1n) is 13.8. The van der Waals surface area contributed by atoms with Crippen molar-refractivity contribution in [1.29, 1.82) is 0 Å². The first kappa shape index (κ1) is 28.0. The molecule has 2 heterocycles. The van der Waals surface area contributed by atoms with Gasteiger partial charge >= 0.3 is 0 Å². The Balaban J connectivity index is 1.30. The Morgan fingerprint density at radius 3 is 2.32 bits per heavy atom. The summed E-state index contributed by atoms with van der Waals surface area (Å²) < 4.78 is 35.7.